The van der Waals surface area contributed by atoms with Gasteiger partial charge in [-0.1, -0.05) is 12.1 Å². The van der Waals surface area contributed by atoms with E-state index >= 15 is 0 Å². The number of piperidine rings is 1. The molecule has 7 nitrogen and oxygen atoms in total. The molecule has 2 fully saturated rings. The SMILES string of the molecule is CN1C2CCC1CC(N(C(N)=O)c1ccccc1-c1nnco1)C2. The molecule has 24 heavy (non-hydrogen) atoms. The number of para-hydroxylation sites is 1. The van der Waals surface area contributed by atoms with Gasteiger partial charge in [0.25, 0.3) is 0 Å². The number of nitrogens with zero attached hydrogens (tertiary/aromatic N) is 4. The van der Waals surface area contributed by atoms with Crippen LogP contribution >= 0.6 is 0 Å². The summed E-state index contributed by atoms with van der Waals surface area (Å²) in [6.07, 6.45) is 5.55. The molecule has 7 heteroatoms. The number of carbonyl (C=O) groups is 1. The zero-order chi connectivity index (χ0) is 16.7. The van der Waals surface area contributed by atoms with Crippen molar-refractivity contribution >= 4 is 11.7 Å². The zero-order valence-electron chi connectivity index (χ0n) is 13.6. The normalized spacial score (nSPS) is 26.5. The molecule has 4 rings (SSSR count). The lowest BCUT2D eigenvalue weighted by Gasteiger charge is -2.41. The van der Waals surface area contributed by atoms with Crippen molar-refractivity contribution in [2.75, 3.05) is 11.9 Å². The molecule has 126 valence electrons. The van der Waals surface area contributed by atoms with Gasteiger partial charge < -0.3 is 15.1 Å². The summed E-state index contributed by atoms with van der Waals surface area (Å²) in [5.74, 6) is 0.396. The first-order valence-electron chi connectivity index (χ1n) is 8.31. The summed E-state index contributed by atoms with van der Waals surface area (Å²) in [5.41, 5.74) is 7.25. The zero-order valence-corrected chi connectivity index (χ0v) is 13.6. The lowest BCUT2D eigenvalue weighted by Crippen LogP contribution is -2.52. The summed E-state index contributed by atoms with van der Waals surface area (Å²) in [5, 5.41) is 7.73. The van der Waals surface area contributed by atoms with E-state index in [4.69, 9.17) is 10.2 Å². The highest BCUT2D eigenvalue weighted by molar-refractivity contribution is 5.95. The maximum atomic E-state index is 12.3. The third-order valence-electron chi connectivity index (χ3n) is 5.43. The number of carbonyl (C=O) groups excluding carboxylic acids is 1. The second-order valence-electron chi connectivity index (χ2n) is 6.64. The summed E-state index contributed by atoms with van der Waals surface area (Å²) in [6, 6.07) is 8.26. The summed E-state index contributed by atoms with van der Waals surface area (Å²) in [4.78, 5) is 16.5. The Bertz CT molecular complexity index is 718. The predicted octanol–water partition coefficient (Wildman–Crippen LogP) is 2.25. The van der Waals surface area contributed by atoms with E-state index < -0.39 is 6.03 Å². The molecule has 2 aromatic rings. The number of hydrogen-bond donors (Lipinski definition) is 1. The van der Waals surface area contributed by atoms with Gasteiger partial charge in [0.15, 0.2) is 0 Å². The fourth-order valence-corrected chi connectivity index (χ4v) is 4.24. The highest BCUT2D eigenvalue weighted by atomic mass is 16.4. The van der Waals surface area contributed by atoms with Gasteiger partial charge in [0.1, 0.15) is 0 Å². The van der Waals surface area contributed by atoms with Gasteiger partial charge in [-0.15, -0.1) is 10.2 Å². The van der Waals surface area contributed by atoms with Crippen molar-refractivity contribution in [2.45, 2.75) is 43.8 Å². The molecule has 1 aromatic heterocycles. The maximum Gasteiger partial charge on any atom is 0.319 e. The van der Waals surface area contributed by atoms with E-state index in [2.05, 4.69) is 22.1 Å². The summed E-state index contributed by atoms with van der Waals surface area (Å²) in [7, 11) is 2.18. The molecule has 0 spiro atoms. The van der Waals surface area contributed by atoms with Crippen LogP contribution in [-0.2, 0) is 0 Å². The van der Waals surface area contributed by atoms with E-state index in [0.717, 1.165) is 24.1 Å². The van der Waals surface area contributed by atoms with Gasteiger partial charge in [0.05, 0.1) is 11.3 Å². The Balaban J connectivity index is 1.72. The molecule has 0 radical (unpaired) electrons. The molecular weight excluding hydrogens is 306 g/mol. The van der Waals surface area contributed by atoms with Crippen LogP contribution in [0, 0.1) is 0 Å². The molecule has 3 heterocycles. The van der Waals surface area contributed by atoms with Crippen LogP contribution < -0.4 is 10.6 Å². The average Bonchev–Trinajstić information content (AvgIpc) is 3.15. The van der Waals surface area contributed by atoms with Gasteiger partial charge in [-0.25, -0.2) is 4.79 Å². The maximum absolute atomic E-state index is 12.3. The van der Waals surface area contributed by atoms with Gasteiger partial charge in [0.2, 0.25) is 12.3 Å². The molecule has 2 aliphatic heterocycles. The van der Waals surface area contributed by atoms with Crippen LogP contribution in [0.15, 0.2) is 35.1 Å². The number of nitrogens with two attached hydrogens (primary N) is 1. The number of primary amides is 1. The fraction of sp³-hybridized carbons (Fsp3) is 0.471. The number of rotatable bonds is 3. The fourth-order valence-electron chi connectivity index (χ4n) is 4.24. The second kappa shape index (κ2) is 5.90. The minimum atomic E-state index is -0.434. The molecule has 2 amide bonds. The number of anilines is 1. The highest BCUT2D eigenvalue weighted by Gasteiger charge is 2.42. The lowest BCUT2D eigenvalue weighted by molar-refractivity contribution is 0.160. The van der Waals surface area contributed by atoms with E-state index in [1.165, 1.54) is 19.2 Å². The van der Waals surface area contributed by atoms with Crippen molar-refractivity contribution in [3.63, 3.8) is 0 Å². The van der Waals surface area contributed by atoms with Crippen molar-refractivity contribution in [3.8, 4) is 11.5 Å². The Morgan fingerprint density at radius 2 is 2.00 bits per heavy atom. The van der Waals surface area contributed by atoms with Crippen LogP contribution in [0.3, 0.4) is 0 Å². The van der Waals surface area contributed by atoms with Gasteiger partial charge in [-0.2, -0.15) is 0 Å². The Hall–Kier alpha value is -2.41. The smallest absolute Gasteiger partial charge is 0.319 e. The predicted molar refractivity (Wildman–Crippen MR) is 89.4 cm³/mol. The van der Waals surface area contributed by atoms with Crippen LogP contribution in [0.1, 0.15) is 25.7 Å². The first-order valence-corrected chi connectivity index (χ1v) is 8.31. The van der Waals surface area contributed by atoms with E-state index in [9.17, 15) is 4.79 Å². The van der Waals surface area contributed by atoms with Gasteiger partial charge >= 0.3 is 6.03 Å². The van der Waals surface area contributed by atoms with Crippen molar-refractivity contribution in [3.05, 3.63) is 30.7 Å². The Kier molecular flexibility index (Phi) is 3.72. The molecular formula is C17H21N5O2. The van der Waals surface area contributed by atoms with E-state index in [0.29, 0.717) is 18.0 Å². The minimum Gasteiger partial charge on any atom is -0.423 e. The monoisotopic (exact) mass is 327 g/mol. The first kappa shape index (κ1) is 15.1. The van der Waals surface area contributed by atoms with Crippen LogP contribution in [0.4, 0.5) is 10.5 Å². The van der Waals surface area contributed by atoms with Crippen molar-refractivity contribution < 1.29 is 9.21 Å². The minimum absolute atomic E-state index is 0.0975. The molecule has 2 atom stereocenters. The summed E-state index contributed by atoms with van der Waals surface area (Å²) < 4.78 is 5.34. The molecule has 2 saturated heterocycles. The molecule has 0 saturated carbocycles. The third-order valence-corrected chi connectivity index (χ3v) is 5.43. The number of aromatic nitrogens is 2. The Morgan fingerprint density at radius 3 is 2.62 bits per heavy atom. The quantitative estimate of drug-likeness (QED) is 0.934. The molecule has 2 aliphatic rings. The van der Waals surface area contributed by atoms with Crippen molar-refractivity contribution in [1.82, 2.24) is 15.1 Å². The second-order valence-corrected chi connectivity index (χ2v) is 6.64. The van der Waals surface area contributed by atoms with E-state index in [-0.39, 0.29) is 6.04 Å². The average molecular weight is 327 g/mol. The van der Waals surface area contributed by atoms with Crippen molar-refractivity contribution in [2.24, 2.45) is 5.73 Å². The first-order chi connectivity index (χ1) is 11.6. The Morgan fingerprint density at radius 1 is 1.29 bits per heavy atom. The van der Waals surface area contributed by atoms with Gasteiger partial charge in [-0.3, -0.25) is 4.90 Å². The molecule has 1 aromatic carbocycles. The van der Waals surface area contributed by atoms with Crippen LogP contribution in [-0.4, -0.2) is 46.3 Å². The molecule has 0 aliphatic carbocycles. The van der Waals surface area contributed by atoms with E-state index in [1.807, 2.05) is 24.3 Å². The Labute approximate surface area is 140 Å². The van der Waals surface area contributed by atoms with Crippen LogP contribution in [0.5, 0.6) is 0 Å². The van der Waals surface area contributed by atoms with Gasteiger partial charge in [-0.05, 0) is 44.9 Å². The largest absolute Gasteiger partial charge is 0.423 e. The lowest BCUT2D eigenvalue weighted by atomic mass is 9.95. The summed E-state index contributed by atoms with van der Waals surface area (Å²) >= 11 is 0. The van der Waals surface area contributed by atoms with Crippen LogP contribution in [0.25, 0.3) is 11.5 Å². The molecule has 2 N–H and O–H groups in total. The van der Waals surface area contributed by atoms with Crippen LogP contribution in [0.2, 0.25) is 0 Å². The number of amides is 2. The topological polar surface area (TPSA) is 88.5 Å². The number of urea groups is 1. The third kappa shape index (κ3) is 2.45. The standard InChI is InChI=1S/C17H21N5O2/c1-21-11-6-7-12(21)9-13(8-11)22(17(18)23)15-5-3-2-4-14(15)16-20-19-10-24-16/h2-5,10-13H,6-9H2,1H3,(H2,18,23). The highest BCUT2D eigenvalue weighted by Crippen LogP contribution is 2.39. The number of benzene rings is 1. The van der Waals surface area contributed by atoms with Gasteiger partial charge in [0, 0.05) is 18.1 Å². The molecule has 2 unspecified atom stereocenters. The molecule has 2 bridgehead atoms. The van der Waals surface area contributed by atoms with Crippen molar-refractivity contribution in [1.29, 1.82) is 0 Å². The van der Waals surface area contributed by atoms with E-state index in [1.54, 1.807) is 4.90 Å². The number of hydrogen-bond acceptors (Lipinski definition) is 5. The summed E-state index contributed by atoms with van der Waals surface area (Å²) in [6.45, 7) is 0. The number of fused-ring (bicyclic) bond motifs is 2.